The van der Waals surface area contributed by atoms with Gasteiger partial charge in [-0.25, -0.2) is 0 Å². The number of amides is 2. The van der Waals surface area contributed by atoms with Gasteiger partial charge in [-0.15, -0.1) is 0 Å². The van der Waals surface area contributed by atoms with Gasteiger partial charge < -0.3 is 4.74 Å². The van der Waals surface area contributed by atoms with Crippen LogP contribution >= 0.6 is 0 Å². The lowest BCUT2D eigenvalue weighted by atomic mass is 9.99. The summed E-state index contributed by atoms with van der Waals surface area (Å²) >= 11 is 0. The monoisotopic (exact) mass is 287 g/mol. The Bertz CT molecular complexity index is 632. The molecule has 0 saturated carbocycles. The van der Waals surface area contributed by atoms with Crippen LogP contribution < -0.4 is 10.1 Å². The molecule has 1 aromatic carbocycles. The quantitative estimate of drug-likeness (QED) is 0.832. The number of nitrogens with zero attached hydrogens (tertiary/aromatic N) is 2. The van der Waals surface area contributed by atoms with Gasteiger partial charge in [0.25, 0.3) is 0 Å². The van der Waals surface area contributed by atoms with Crippen LogP contribution in [-0.2, 0) is 16.1 Å². The van der Waals surface area contributed by atoms with Crippen molar-refractivity contribution >= 4 is 11.8 Å². The van der Waals surface area contributed by atoms with E-state index in [1.807, 2.05) is 6.07 Å². The summed E-state index contributed by atoms with van der Waals surface area (Å²) in [6.45, 7) is 3.68. The van der Waals surface area contributed by atoms with Crippen molar-refractivity contribution in [2.24, 2.45) is 0 Å². The molecule has 1 aliphatic heterocycles. The molecule has 110 valence electrons. The van der Waals surface area contributed by atoms with Gasteiger partial charge in [0.15, 0.2) is 0 Å². The molecule has 0 bridgehead atoms. The highest BCUT2D eigenvalue weighted by Crippen LogP contribution is 2.24. The summed E-state index contributed by atoms with van der Waals surface area (Å²) in [5, 5.41) is 11.9. The minimum atomic E-state index is -0.784. The molecular formula is C15H17N3O3. The molecule has 0 spiro atoms. The van der Waals surface area contributed by atoms with Crippen LogP contribution in [0.3, 0.4) is 0 Å². The summed E-state index contributed by atoms with van der Waals surface area (Å²) in [7, 11) is 1.51. The van der Waals surface area contributed by atoms with Crippen LogP contribution in [0.15, 0.2) is 18.2 Å². The Hall–Kier alpha value is -2.39. The zero-order valence-electron chi connectivity index (χ0n) is 12.3. The molecule has 1 heterocycles. The smallest absolute Gasteiger partial charge is 0.249 e. The molecule has 2 amide bonds. The van der Waals surface area contributed by atoms with E-state index in [1.54, 1.807) is 32.0 Å². The highest BCUT2D eigenvalue weighted by Gasteiger charge is 2.39. The number of piperazine rings is 1. The van der Waals surface area contributed by atoms with Gasteiger partial charge in [0.1, 0.15) is 5.75 Å². The summed E-state index contributed by atoms with van der Waals surface area (Å²) in [4.78, 5) is 25.5. The first-order valence-electron chi connectivity index (χ1n) is 6.56. The van der Waals surface area contributed by atoms with Gasteiger partial charge in [-0.05, 0) is 32.0 Å². The van der Waals surface area contributed by atoms with Gasteiger partial charge in [0.2, 0.25) is 11.8 Å². The number of nitrogens with one attached hydrogen (secondary N) is 1. The Balaban J connectivity index is 2.34. The Kier molecular flexibility index (Phi) is 3.96. The number of imide groups is 1. The second kappa shape index (κ2) is 5.54. The molecule has 2 rings (SSSR count). The van der Waals surface area contributed by atoms with Crippen molar-refractivity contribution in [3.63, 3.8) is 0 Å². The molecule has 0 radical (unpaired) electrons. The number of carbonyl (C=O) groups is 2. The zero-order chi connectivity index (χ0) is 15.6. The van der Waals surface area contributed by atoms with Crippen LogP contribution in [0.2, 0.25) is 0 Å². The lowest BCUT2D eigenvalue weighted by Gasteiger charge is -2.36. The predicted octanol–water partition coefficient (Wildman–Crippen LogP) is 0.804. The Labute approximate surface area is 123 Å². The third kappa shape index (κ3) is 2.88. The van der Waals surface area contributed by atoms with E-state index in [0.717, 1.165) is 0 Å². The van der Waals surface area contributed by atoms with Crippen LogP contribution in [0.5, 0.6) is 5.75 Å². The number of hydrogen-bond acceptors (Lipinski definition) is 5. The molecule has 1 saturated heterocycles. The Morgan fingerprint density at radius 1 is 1.43 bits per heavy atom. The van der Waals surface area contributed by atoms with Gasteiger partial charge in [-0.1, -0.05) is 0 Å². The lowest BCUT2D eigenvalue weighted by Crippen LogP contribution is -2.63. The third-order valence-corrected chi connectivity index (χ3v) is 3.50. The largest absolute Gasteiger partial charge is 0.496 e. The van der Waals surface area contributed by atoms with Gasteiger partial charge in [-0.2, -0.15) is 5.26 Å². The number of ether oxygens (including phenoxy) is 1. The van der Waals surface area contributed by atoms with Gasteiger partial charge >= 0.3 is 0 Å². The fraction of sp³-hybridized carbons (Fsp3) is 0.400. The fourth-order valence-electron chi connectivity index (χ4n) is 2.22. The van der Waals surface area contributed by atoms with Gasteiger partial charge in [-0.3, -0.25) is 19.8 Å². The first-order chi connectivity index (χ1) is 9.89. The highest BCUT2D eigenvalue weighted by molar-refractivity contribution is 6.03. The SMILES string of the molecule is COc1ccc(C#N)cc1CN1C(=O)CNC(C)(C)C1=O. The third-order valence-electron chi connectivity index (χ3n) is 3.50. The zero-order valence-corrected chi connectivity index (χ0v) is 12.3. The number of carbonyl (C=O) groups excluding carboxylic acids is 2. The fourth-order valence-corrected chi connectivity index (χ4v) is 2.22. The van der Waals surface area contributed by atoms with E-state index in [4.69, 9.17) is 10.00 Å². The van der Waals surface area contributed by atoms with E-state index in [2.05, 4.69) is 5.32 Å². The van der Waals surface area contributed by atoms with E-state index in [1.165, 1.54) is 12.0 Å². The topological polar surface area (TPSA) is 82.4 Å². The molecule has 6 heteroatoms. The Morgan fingerprint density at radius 2 is 2.14 bits per heavy atom. The van der Waals surface area contributed by atoms with Crippen LogP contribution in [0.1, 0.15) is 25.0 Å². The van der Waals surface area contributed by atoms with Crippen molar-refractivity contribution in [3.8, 4) is 11.8 Å². The van der Waals surface area contributed by atoms with Crippen molar-refractivity contribution in [2.45, 2.75) is 25.9 Å². The molecular weight excluding hydrogens is 270 g/mol. The lowest BCUT2D eigenvalue weighted by molar-refractivity contribution is -0.153. The number of rotatable bonds is 3. The molecule has 6 nitrogen and oxygen atoms in total. The first-order valence-corrected chi connectivity index (χ1v) is 6.56. The number of benzene rings is 1. The van der Waals surface area contributed by atoms with Crippen molar-refractivity contribution in [3.05, 3.63) is 29.3 Å². The first kappa shape index (κ1) is 15.0. The van der Waals surface area contributed by atoms with E-state index in [9.17, 15) is 9.59 Å². The van der Waals surface area contributed by atoms with E-state index >= 15 is 0 Å². The molecule has 1 N–H and O–H groups in total. The van der Waals surface area contributed by atoms with E-state index in [0.29, 0.717) is 16.9 Å². The highest BCUT2D eigenvalue weighted by atomic mass is 16.5. The molecule has 1 fully saturated rings. The summed E-state index contributed by atoms with van der Waals surface area (Å²) < 4.78 is 5.23. The predicted molar refractivity (Wildman–Crippen MR) is 75.3 cm³/mol. The van der Waals surface area contributed by atoms with Crippen LogP contribution in [-0.4, -0.2) is 35.9 Å². The molecule has 1 aliphatic rings. The van der Waals surface area contributed by atoms with Crippen molar-refractivity contribution in [2.75, 3.05) is 13.7 Å². The van der Waals surface area contributed by atoms with E-state index < -0.39 is 5.54 Å². The van der Waals surface area contributed by atoms with Crippen molar-refractivity contribution in [1.82, 2.24) is 10.2 Å². The maximum Gasteiger partial charge on any atom is 0.249 e. The van der Waals surface area contributed by atoms with Crippen molar-refractivity contribution in [1.29, 1.82) is 5.26 Å². The van der Waals surface area contributed by atoms with Crippen LogP contribution in [0, 0.1) is 11.3 Å². The Morgan fingerprint density at radius 3 is 2.76 bits per heavy atom. The second-order valence-corrected chi connectivity index (χ2v) is 5.40. The summed E-state index contributed by atoms with van der Waals surface area (Å²) in [5.41, 5.74) is 0.310. The van der Waals surface area contributed by atoms with Crippen LogP contribution in [0.25, 0.3) is 0 Å². The minimum Gasteiger partial charge on any atom is -0.496 e. The standard InChI is InChI=1S/C15H17N3O3/c1-15(2)14(20)18(13(19)8-17-15)9-11-6-10(7-16)4-5-12(11)21-3/h4-6,17H,8-9H2,1-3H3. The molecule has 0 aliphatic carbocycles. The molecule has 0 unspecified atom stereocenters. The average Bonchev–Trinajstić information content (AvgIpc) is 2.48. The minimum absolute atomic E-state index is 0.0987. The normalized spacial score (nSPS) is 17.5. The van der Waals surface area contributed by atoms with E-state index in [-0.39, 0.29) is 24.9 Å². The van der Waals surface area contributed by atoms with Gasteiger partial charge in [0.05, 0.1) is 37.4 Å². The number of nitriles is 1. The second-order valence-electron chi connectivity index (χ2n) is 5.40. The summed E-state index contributed by atoms with van der Waals surface area (Å²) in [6.07, 6.45) is 0. The number of hydrogen-bond donors (Lipinski definition) is 1. The summed E-state index contributed by atoms with van der Waals surface area (Å²) in [6, 6.07) is 6.97. The molecule has 0 aromatic heterocycles. The van der Waals surface area contributed by atoms with Crippen molar-refractivity contribution < 1.29 is 14.3 Å². The molecule has 1 aromatic rings. The average molecular weight is 287 g/mol. The number of methoxy groups -OCH3 is 1. The molecule has 0 atom stereocenters. The maximum absolute atomic E-state index is 12.4. The van der Waals surface area contributed by atoms with Gasteiger partial charge in [0, 0.05) is 5.56 Å². The van der Waals surface area contributed by atoms with Crippen LogP contribution in [0.4, 0.5) is 0 Å². The maximum atomic E-state index is 12.4. The summed E-state index contributed by atoms with van der Waals surface area (Å²) in [5.74, 6) is -0.0298. The molecule has 21 heavy (non-hydrogen) atoms.